The second-order valence-corrected chi connectivity index (χ2v) is 10.6. The van der Waals surface area contributed by atoms with Gasteiger partial charge in [-0.3, -0.25) is 9.52 Å². The molecule has 1 aromatic heterocycles. The molecule has 0 bridgehead atoms. The standard InChI is InChI=1S/C26H23N3O5S2/c1-4-14-29-22-13-10-19(25(31)34-3)16-23(22)35-26(29)27-24(30)18-6-5-7-20(15-18)28-36(32,33)21-11-8-17(2)9-12-21/h4-13,15-16,28H,1,14H2,2-3H3. The number of amides is 1. The van der Waals surface area contributed by atoms with Gasteiger partial charge in [0, 0.05) is 17.8 Å². The maximum atomic E-state index is 13.0. The van der Waals surface area contributed by atoms with Gasteiger partial charge < -0.3 is 9.30 Å². The number of sulfonamides is 1. The summed E-state index contributed by atoms with van der Waals surface area (Å²) in [6, 6.07) is 17.7. The molecule has 0 atom stereocenters. The number of hydrogen-bond donors (Lipinski definition) is 1. The zero-order valence-corrected chi connectivity index (χ0v) is 21.2. The van der Waals surface area contributed by atoms with Gasteiger partial charge in [-0.15, -0.1) is 6.58 Å². The SMILES string of the molecule is C=CCn1c(=NC(=O)c2cccc(NS(=O)(=O)c3ccc(C)cc3)c2)sc2cc(C(=O)OC)ccc21. The third-order valence-electron chi connectivity index (χ3n) is 5.31. The third kappa shape index (κ3) is 5.29. The van der Waals surface area contributed by atoms with Crippen molar-refractivity contribution in [3.8, 4) is 0 Å². The van der Waals surface area contributed by atoms with Crippen LogP contribution >= 0.6 is 11.3 Å². The molecule has 4 rings (SSSR count). The van der Waals surface area contributed by atoms with Crippen LogP contribution in [0, 0.1) is 6.92 Å². The fourth-order valence-corrected chi connectivity index (χ4v) is 5.63. The zero-order valence-electron chi connectivity index (χ0n) is 19.6. The Morgan fingerprint density at radius 3 is 2.53 bits per heavy atom. The van der Waals surface area contributed by atoms with Crippen LogP contribution in [0.2, 0.25) is 0 Å². The van der Waals surface area contributed by atoms with Gasteiger partial charge in [-0.1, -0.05) is 41.2 Å². The topological polar surface area (TPSA) is 107 Å². The predicted molar refractivity (Wildman–Crippen MR) is 140 cm³/mol. The molecule has 1 amide bonds. The van der Waals surface area contributed by atoms with E-state index in [0.29, 0.717) is 16.9 Å². The van der Waals surface area contributed by atoms with Crippen molar-refractivity contribution in [1.82, 2.24) is 4.57 Å². The van der Waals surface area contributed by atoms with Crippen LogP contribution in [0.5, 0.6) is 0 Å². The maximum Gasteiger partial charge on any atom is 0.337 e. The van der Waals surface area contributed by atoms with Gasteiger partial charge in [-0.05, 0) is 55.5 Å². The lowest BCUT2D eigenvalue weighted by molar-refractivity contribution is 0.0600. The first-order chi connectivity index (χ1) is 17.2. The minimum absolute atomic E-state index is 0.122. The molecule has 36 heavy (non-hydrogen) atoms. The monoisotopic (exact) mass is 521 g/mol. The van der Waals surface area contributed by atoms with Crippen LogP contribution in [0.1, 0.15) is 26.3 Å². The molecule has 10 heteroatoms. The molecule has 4 aromatic rings. The lowest BCUT2D eigenvalue weighted by atomic mass is 10.2. The smallest absolute Gasteiger partial charge is 0.337 e. The number of ether oxygens (including phenoxy) is 1. The molecule has 0 radical (unpaired) electrons. The predicted octanol–water partition coefficient (Wildman–Crippen LogP) is 4.53. The molecular weight excluding hydrogens is 498 g/mol. The van der Waals surface area contributed by atoms with Gasteiger partial charge in [0.1, 0.15) is 0 Å². The highest BCUT2D eigenvalue weighted by molar-refractivity contribution is 7.92. The summed E-state index contributed by atoms with van der Waals surface area (Å²) in [6.45, 7) is 6.05. The van der Waals surface area contributed by atoms with Gasteiger partial charge in [0.15, 0.2) is 4.80 Å². The van der Waals surface area contributed by atoms with Crippen LogP contribution in [0.3, 0.4) is 0 Å². The maximum absolute atomic E-state index is 13.0. The van der Waals surface area contributed by atoms with E-state index >= 15 is 0 Å². The molecule has 0 aliphatic carbocycles. The van der Waals surface area contributed by atoms with Crippen LogP contribution in [0.25, 0.3) is 10.2 Å². The first-order valence-corrected chi connectivity index (χ1v) is 13.1. The lowest BCUT2D eigenvalue weighted by Crippen LogP contribution is -2.16. The normalized spacial score (nSPS) is 11.9. The first-order valence-electron chi connectivity index (χ1n) is 10.8. The van der Waals surface area contributed by atoms with Crippen molar-refractivity contribution in [2.24, 2.45) is 4.99 Å². The number of aromatic nitrogens is 1. The average Bonchev–Trinajstić information content (AvgIpc) is 3.20. The molecular formula is C26H23N3O5S2. The fourth-order valence-electron chi connectivity index (χ4n) is 3.51. The number of fused-ring (bicyclic) bond motifs is 1. The van der Waals surface area contributed by atoms with Crippen LogP contribution in [0.4, 0.5) is 5.69 Å². The zero-order chi connectivity index (χ0) is 25.9. The first kappa shape index (κ1) is 25.1. The Morgan fingerprint density at radius 2 is 1.83 bits per heavy atom. The number of carbonyl (C=O) groups excluding carboxylic acids is 2. The number of esters is 1. The minimum atomic E-state index is -3.82. The van der Waals surface area contributed by atoms with Crippen LogP contribution in [-0.2, 0) is 21.3 Å². The van der Waals surface area contributed by atoms with E-state index in [1.165, 1.54) is 36.6 Å². The number of methoxy groups -OCH3 is 1. The van der Waals surface area contributed by atoms with Crippen molar-refractivity contribution in [3.63, 3.8) is 0 Å². The van der Waals surface area contributed by atoms with Crippen molar-refractivity contribution in [2.75, 3.05) is 11.8 Å². The second-order valence-electron chi connectivity index (χ2n) is 7.87. The Labute approximate surface area is 212 Å². The molecule has 1 N–H and O–H groups in total. The molecule has 1 heterocycles. The fraction of sp³-hybridized carbons (Fsp3) is 0.115. The van der Waals surface area contributed by atoms with E-state index in [1.807, 2.05) is 11.5 Å². The molecule has 3 aromatic carbocycles. The largest absolute Gasteiger partial charge is 0.465 e. The molecule has 0 spiro atoms. The Bertz CT molecular complexity index is 1650. The van der Waals surface area contributed by atoms with E-state index in [2.05, 4.69) is 16.3 Å². The molecule has 0 saturated carbocycles. The van der Waals surface area contributed by atoms with E-state index in [1.54, 1.807) is 54.6 Å². The summed E-state index contributed by atoms with van der Waals surface area (Å²) in [7, 11) is -2.51. The summed E-state index contributed by atoms with van der Waals surface area (Å²) >= 11 is 1.25. The highest BCUT2D eigenvalue weighted by Gasteiger charge is 2.16. The van der Waals surface area contributed by atoms with Crippen LogP contribution in [0.15, 0.2) is 89.3 Å². The van der Waals surface area contributed by atoms with Gasteiger partial charge in [0.2, 0.25) is 0 Å². The number of benzene rings is 3. The molecule has 0 unspecified atom stereocenters. The van der Waals surface area contributed by atoms with Gasteiger partial charge in [-0.2, -0.15) is 4.99 Å². The highest BCUT2D eigenvalue weighted by Crippen LogP contribution is 2.21. The van der Waals surface area contributed by atoms with Crippen molar-refractivity contribution in [1.29, 1.82) is 0 Å². The summed E-state index contributed by atoms with van der Waals surface area (Å²) in [5.74, 6) is -0.996. The molecule has 0 aliphatic heterocycles. The summed E-state index contributed by atoms with van der Waals surface area (Å²) < 4.78 is 35.3. The van der Waals surface area contributed by atoms with Crippen LogP contribution < -0.4 is 9.52 Å². The van der Waals surface area contributed by atoms with Crippen molar-refractivity contribution in [3.05, 3.63) is 101 Å². The van der Waals surface area contributed by atoms with E-state index in [-0.39, 0.29) is 16.1 Å². The number of nitrogens with one attached hydrogen (secondary N) is 1. The number of hydrogen-bond acceptors (Lipinski definition) is 6. The Balaban J connectivity index is 1.68. The number of allylic oxidation sites excluding steroid dienone is 1. The van der Waals surface area contributed by atoms with E-state index in [4.69, 9.17) is 4.74 Å². The number of nitrogens with zero attached hydrogens (tertiary/aromatic N) is 2. The van der Waals surface area contributed by atoms with Gasteiger partial charge in [-0.25, -0.2) is 13.2 Å². The summed E-state index contributed by atoms with van der Waals surface area (Å²) in [6.07, 6.45) is 1.68. The Kier molecular flexibility index (Phi) is 7.18. The van der Waals surface area contributed by atoms with Gasteiger partial charge in [0.25, 0.3) is 15.9 Å². The Hall–Kier alpha value is -4.02. The minimum Gasteiger partial charge on any atom is -0.465 e. The molecule has 0 fully saturated rings. The lowest BCUT2D eigenvalue weighted by Gasteiger charge is -2.09. The summed E-state index contributed by atoms with van der Waals surface area (Å²) in [5, 5.41) is 0. The second kappa shape index (κ2) is 10.3. The van der Waals surface area contributed by atoms with E-state index in [9.17, 15) is 18.0 Å². The van der Waals surface area contributed by atoms with E-state index < -0.39 is 21.9 Å². The van der Waals surface area contributed by atoms with Crippen molar-refractivity contribution < 1.29 is 22.7 Å². The van der Waals surface area contributed by atoms with Crippen LogP contribution in [-0.4, -0.2) is 32.0 Å². The van der Waals surface area contributed by atoms with Gasteiger partial charge >= 0.3 is 5.97 Å². The van der Waals surface area contributed by atoms with E-state index in [0.717, 1.165) is 15.8 Å². The molecule has 0 saturated heterocycles. The molecule has 8 nitrogen and oxygen atoms in total. The highest BCUT2D eigenvalue weighted by atomic mass is 32.2. The molecule has 0 aliphatic rings. The molecule has 184 valence electrons. The van der Waals surface area contributed by atoms with Crippen molar-refractivity contribution >= 4 is 49.1 Å². The number of aryl methyl sites for hydroxylation is 1. The number of rotatable bonds is 7. The number of anilines is 1. The average molecular weight is 522 g/mol. The summed E-state index contributed by atoms with van der Waals surface area (Å²) in [4.78, 5) is 29.8. The van der Waals surface area contributed by atoms with Gasteiger partial charge in [0.05, 0.1) is 27.8 Å². The summed E-state index contributed by atoms with van der Waals surface area (Å²) in [5.41, 5.74) is 2.59. The quantitative estimate of drug-likeness (QED) is 0.284. The Morgan fingerprint density at radius 1 is 1.08 bits per heavy atom. The third-order valence-corrected chi connectivity index (χ3v) is 7.74. The number of thiazole rings is 1. The number of carbonyl (C=O) groups is 2. The van der Waals surface area contributed by atoms with Crippen molar-refractivity contribution in [2.45, 2.75) is 18.4 Å².